The summed E-state index contributed by atoms with van der Waals surface area (Å²) < 4.78 is 13.2. The summed E-state index contributed by atoms with van der Waals surface area (Å²) in [5.41, 5.74) is -0.227. The predicted molar refractivity (Wildman–Crippen MR) is 49.7 cm³/mol. The smallest absolute Gasteiger partial charge is 0.259 e. The molecule has 0 aliphatic heterocycles. The standard InChI is InChI=1S/C8H5FN2OS/c9-5-3-1-2-4-6(5)10-8(13)11-7(4)12/h1-3H,(H2,10,11,12,13). The van der Waals surface area contributed by atoms with E-state index in [0.29, 0.717) is 0 Å². The minimum absolute atomic E-state index is 0.127. The molecule has 3 nitrogen and oxygen atoms in total. The summed E-state index contributed by atoms with van der Waals surface area (Å²) in [6.07, 6.45) is 0. The molecule has 2 rings (SSSR count). The molecule has 0 saturated heterocycles. The molecule has 0 aliphatic rings. The zero-order chi connectivity index (χ0) is 9.42. The fourth-order valence-electron chi connectivity index (χ4n) is 1.16. The molecule has 0 fully saturated rings. The van der Waals surface area contributed by atoms with Gasteiger partial charge in [0.1, 0.15) is 5.82 Å². The largest absolute Gasteiger partial charge is 0.329 e. The number of benzene rings is 1. The highest BCUT2D eigenvalue weighted by molar-refractivity contribution is 7.71. The van der Waals surface area contributed by atoms with Crippen molar-refractivity contribution < 1.29 is 4.39 Å². The first kappa shape index (κ1) is 8.12. The van der Waals surface area contributed by atoms with Crippen LogP contribution in [0.4, 0.5) is 4.39 Å². The van der Waals surface area contributed by atoms with Crippen LogP contribution in [0.3, 0.4) is 0 Å². The maximum atomic E-state index is 13.1. The molecule has 66 valence electrons. The van der Waals surface area contributed by atoms with E-state index in [0.717, 1.165) is 0 Å². The Bertz CT molecular complexity index is 572. The Morgan fingerprint density at radius 1 is 1.31 bits per heavy atom. The minimum atomic E-state index is -0.477. The molecular formula is C8H5FN2OS. The normalized spacial score (nSPS) is 10.5. The third-order valence-electron chi connectivity index (χ3n) is 1.72. The van der Waals surface area contributed by atoms with Crippen LogP contribution in [0.1, 0.15) is 0 Å². The Kier molecular flexibility index (Phi) is 1.73. The molecule has 1 heterocycles. The summed E-state index contributed by atoms with van der Waals surface area (Å²) in [4.78, 5) is 16.2. The van der Waals surface area contributed by atoms with E-state index in [9.17, 15) is 9.18 Å². The molecule has 0 amide bonds. The number of para-hydroxylation sites is 1. The minimum Gasteiger partial charge on any atom is -0.329 e. The van der Waals surface area contributed by atoms with Crippen LogP contribution in [-0.4, -0.2) is 9.97 Å². The predicted octanol–water partition coefficient (Wildman–Crippen LogP) is 1.72. The molecule has 1 aromatic heterocycles. The van der Waals surface area contributed by atoms with Gasteiger partial charge in [0.15, 0.2) is 4.77 Å². The van der Waals surface area contributed by atoms with E-state index in [1.165, 1.54) is 18.2 Å². The summed E-state index contributed by atoms with van der Waals surface area (Å²) in [5, 5.41) is 0.272. The van der Waals surface area contributed by atoms with Crippen LogP contribution in [0.15, 0.2) is 23.0 Å². The highest BCUT2D eigenvalue weighted by atomic mass is 32.1. The Hall–Kier alpha value is -1.49. The average molecular weight is 196 g/mol. The second kappa shape index (κ2) is 2.77. The van der Waals surface area contributed by atoms with Gasteiger partial charge in [0.2, 0.25) is 0 Å². The van der Waals surface area contributed by atoms with Crippen LogP contribution in [0.5, 0.6) is 0 Å². The monoisotopic (exact) mass is 196 g/mol. The van der Waals surface area contributed by atoms with E-state index < -0.39 is 5.82 Å². The van der Waals surface area contributed by atoms with Gasteiger partial charge >= 0.3 is 0 Å². The molecule has 0 radical (unpaired) electrons. The molecule has 2 aromatic rings. The fraction of sp³-hybridized carbons (Fsp3) is 0. The summed E-state index contributed by atoms with van der Waals surface area (Å²) >= 11 is 4.71. The Morgan fingerprint density at radius 3 is 2.85 bits per heavy atom. The topological polar surface area (TPSA) is 48.6 Å². The second-order valence-electron chi connectivity index (χ2n) is 2.57. The lowest BCUT2D eigenvalue weighted by atomic mass is 10.2. The molecule has 0 atom stereocenters. The second-order valence-corrected chi connectivity index (χ2v) is 2.98. The van der Waals surface area contributed by atoms with Crippen LogP contribution in [0, 0.1) is 10.6 Å². The number of hydrogen-bond acceptors (Lipinski definition) is 2. The highest BCUT2D eigenvalue weighted by Gasteiger charge is 2.02. The van der Waals surface area contributed by atoms with Crippen LogP contribution < -0.4 is 5.56 Å². The van der Waals surface area contributed by atoms with Gasteiger partial charge in [-0.05, 0) is 24.4 Å². The Balaban J connectivity index is 3.12. The van der Waals surface area contributed by atoms with Crippen molar-refractivity contribution in [2.75, 3.05) is 0 Å². The van der Waals surface area contributed by atoms with Crippen molar-refractivity contribution >= 4 is 23.1 Å². The molecule has 0 aliphatic carbocycles. The van der Waals surface area contributed by atoms with Gasteiger partial charge in [-0.25, -0.2) is 4.39 Å². The van der Waals surface area contributed by atoms with Gasteiger partial charge in [-0.2, -0.15) is 0 Å². The lowest BCUT2D eigenvalue weighted by Gasteiger charge is -1.96. The van der Waals surface area contributed by atoms with Crippen molar-refractivity contribution in [3.8, 4) is 0 Å². The number of H-pyrrole nitrogens is 2. The number of fused-ring (bicyclic) bond motifs is 1. The van der Waals surface area contributed by atoms with Crippen molar-refractivity contribution in [2.45, 2.75) is 0 Å². The summed E-state index contributed by atoms with van der Waals surface area (Å²) in [5.74, 6) is -0.477. The van der Waals surface area contributed by atoms with Crippen LogP contribution >= 0.6 is 12.2 Å². The van der Waals surface area contributed by atoms with Gasteiger partial charge in [-0.15, -0.1) is 0 Å². The maximum Gasteiger partial charge on any atom is 0.259 e. The summed E-state index contributed by atoms with van der Waals surface area (Å²) in [6.45, 7) is 0. The van der Waals surface area contributed by atoms with Crippen molar-refractivity contribution in [3.05, 3.63) is 39.1 Å². The van der Waals surface area contributed by atoms with E-state index >= 15 is 0 Å². The van der Waals surface area contributed by atoms with Crippen molar-refractivity contribution in [3.63, 3.8) is 0 Å². The lowest BCUT2D eigenvalue weighted by molar-refractivity contribution is 0.636. The average Bonchev–Trinajstić information content (AvgIpc) is 2.07. The van der Waals surface area contributed by atoms with Crippen molar-refractivity contribution in [2.24, 2.45) is 0 Å². The molecule has 0 unspecified atom stereocenters. The molecule has 0 spiro atoms. The number of hydrogen-bond donors (Lipinski definition) is 2. The fourth-order valence-corrected chi connectivity index (χ4v) is 1.35. The zero-order valence-electron chi connectivity index (χ0n) is 6.43. The number of aromatic amines is 2. The number of nitrogens with one attached hydrogen (secondary N) is 2. The van der Waals surface area contributed by atoms with Gasteiger partial charge in [-0.3, -0.25) is 9.78 Å². The lowest BCUT2D eigenvalue weighted by Crippen LogP contribution is -2.08. The SMILES string of the molecule is O=c1[nH]c(=S)[nH]c2c(F)cccc12. The van der Waals surface area contributed by atoms with E-state index in [1.807, 2.05) is 0 Å². The van der Waals surface area contributed by atoms with Gasteiger partial charge in [0, 0.05) is 0 Å². The van der Waals surface area contributed by atoms with E-state index in [1.54, 1.807) is 0 Å². The maximum absolute atomic E-state index is 13.1. The number of aromatic nitrogens is 2. The first-order chi connectivity index (χ1) is 6.18. The quantitative estimate of drug-likeness (QED) is 0.630. The van der Waals surface area contributed by atoms with Gasteiger partial charge in [-0.1, -0.05) is 6.07 Å². The molecule has 5 heteroatoms. The zero-order valence-corrected chi connectivity index (χ0v) is 7.24. The van der Waals surface area contributed by atoms with E-state index in [4.69, 9.17) is 12.2 Å². The third kappa shape index (κ3) is 1.27. The Labute approximate surface area is 77.2 Å². The Morgan fingerprint density at radius 2 is 2.08 bits per heavy atom. The molecule has 13 heavy (non-hydrogen) atoms. The first-order valence-electron chi connectivity index (χ1n) is 3.59. The molecular weight excluding hydrogens is 191 g/mol. The number of rotatable bonds is 0. The number of halogens is 1. The van der Waals surface area contributed by atoms with E-state index in [-0.39, 0.29) is 21.2 Å². The van der Waals surface area contributed by atoms with Gasteiger partial charge in [0.25, 0.3) is 5.56 Å². The van der Waals surface area contributed by atoms with Crippen molar-refractivity contribution in [1.29, 1.82) is 0 Å². The first-order valence-corrected chi connectivity index (χ1v) is 4.00. The third-order valence-corrected chi connectivity index (χ3v) is 1.93. The summed E-state index contributed by atoms with van der Waals surface area (Å²) in [6, 6.07) is 4.28. The molecule has 2 N–H and O–H groups in total. The van der Waals surface area contributed by atoms with Gasteiger partial charge < -0.3 is 4.98 Å². The van der Waals surface area contributed by atoms with Crippen molar-refractivity contribution in [1.82, 2.24) is 9.97 Å². The van der Waals surface area contributed by atoms with Gasteiger partial charge in [0.05, 0.1) is 10.9 Å². The van der Waals surface area contributed by atoms with E-state index in [2.05, 4.69) is 9.97 Å². The van der Waals surface area contributed by atoms with Crippen LogP contribution in [-0.2, 0) is 0 Å². The molecule has 1 aromatic carbocycles. The van der Waals surface area contributed by atoms with Crippen LogP contribution in [0.2, 0.25) is 0 Å². The molecule has 0 bridgehead atoms. The highest BCUT2D eigenvalue weighted by Crippen LogP contribution is 2.09. The van der Waals surface area contributed by atoms with Crippen LogP contribution in [0.25, 0.3) is 10.9 Å². The molecule has 0 saturated carbocycles. The summed E-state index contributed by atoms with van der Waals surface area (Å²) in [7, 11) is 0.